The first-order valence-corrected chi connectivity index (χ1v) is 13.4. The molecular formula is C29H31N9O. The summed E-state index contributed by atoms with van der Waals surface area (Å²) in [4.78, 5) is 36.1. The fourth-order valence-electron chi connectivity index (χ4n) is 5.36. The van der Waals surface area contributed by atoms with E-state index in [9.17, 15) is 4.79 Å². The van der Waals surface area contributed by atoms with E-state index >= 15 is 0 Å². The van der Waals surface area contributed by atoms with Gasteiger partial charge in [-0.15, -0.1) is 0 Å². The summed E-state index contributed by atoms with van der Waals surface area (Å²) < 4.78 is 3.68. The van der Waals surface area contributed by atoms with Gasteiger partial charge in [0, 0.05) is 30.5 Å². The predicted molar refractivity (Wildman–Crippen MR) is 149 cm³/mol. The van der Waals surface area contributed by atoms with Crippen molar-refractivity contribution in [2.24, 2.45) is 0 Å². The third-order valence-corrected chi connectivity index (χ3v) is 7.29. The normalized spacial score (nSPS) is 15.1. The van der Waals surface area contributed by atoms with Crippen LogP contribution in [-0.2, 0) is 19.4 Å². The van der Waals surface area contributed by atoms with E-state index in [0.29, 0.717) is 23.8 Å². The lowest BCUT2D eigenvalue weighted by molar-refractivity contribution is 0.0940. The van der Waals surface area contributed by atoms with Gasteiger partial charge in [0.15, 0.2) is 17.0 Å². The lowest BCUT2D eigenvalue weighted by Crippen LogP contribution is -2.29. The van der Waals surface area contributed by atoms with Crippen molar-refractivity contribution in [3.63, 3.8) is 0 Å². The van der Waals surface area contributed by atoms with Crippen molar-refractivity contribution >= 4 is 22.9 Å². The molecule has 1 N–H and O–H groups in total. The van der Waals surface area contributed by atoms with Crippen molar-refractivity contribution in [1.29, 1.82) is 0 Å². The first-order chi connectivity index (χ1) is 18.9. The molecule has 10 nitrogen and oxygen atoms in total. The van der Waals surface area contributed by atoms with E-state index in [1.807, 2.05) is 37.3 Å². The zero-order valence-corrected chi connectivity index (χ0v) is 22.6. The number of nitrogens with one attached hydrogen (secondary N) is 1. The molecule has 198 valence electrons. The minimum absolute atomic E-state index is 0.0830. The van der Waals surface area contributed by atoms with Gasteiger partial charge in [0.05, 0.1) is 17.0 Å². The Balaban J connectivity index is 1.33. The van der Waals surface area contributed by atoms with E-state index in [2.05, 4.69) is 50.6 Å². The van der Waals surface area contributed by atoms with Crippen molar-refractivity contribution in [2.75, 3.05) is 5.32 Å². The van der Waals surface area contributed by atoms with Crippen LogP contribution >= 0.6 is 0 Å². The summed E-state index contributed by atoms with van der Waals surface area (Å²) >= 11 is 0. The number of carbonyl (C=O) groups is 1. The molecule has 4 heterocycles. The second kappa shape index (κ2) is 10.0. The van der Waals surface area contributed by atoms with Gasteiger partial charge in [-0.1, -0.05) is 32.0 Å². The lowest BCUT2D eigenvalue weighted by atomic mass is 9.89. The molecule has 1 unspecified atom stereocenters. The molecule has 0 saturated carbocycles. The molecule has 10 heteroatoms. The second-order valence-electron chi connectivity index (χ2n) is 10.2. The number of aromatic nitrogens is 8. The molecule has 0 fully saturated rings. The van der Waals surface area contributed by atoms with Crippen molar-refractivity contribution in [3.8, 4) is 11.4 Å². The van der Waals surface area contributed by atoms with E-state index in [0.717, 1.165) is 58.8 Å². The van der Waals surface area contributed by atoms with Crippen LogP contribution in [0.5, 0.6) is 0 Å². The molecule has 0 amide bonds. The first kappa shape index (κ1) is 24.8. The number of nitrogens with zero attached hydrogens (tertiary/aromatic N) is 8. The summed E-state index contributed by atoms with van der Waals surface area (Å²) in [6, 6.07) is 9.47. The summed E-state index contributed by atoms with van der Waals surface area (Å²) in [6.07, 6.45) is 7.51. The molecule has 1 aliphatic rings. The van der Waals surface area contributed by atoms with Gasteiger partial charge in [-0.3, -0.25) is 4.79 Å². The van der Waals surface area contributed by atoms with Crippen molar-refractivity contribution < 1.29 is 4.79 Å². The molecule has 5 aromatic rings. The minimum Gasteiger partial charge on any atom is -0.365 e. The molecule has 1 atom stereocenters. The Bertz CT molecular complexity index is 1650. The molecule has 1 aromatic carbocycles. The Kier molecular flexibility index (Phi) is 6.38. The maximum absolute atomic E-state index is 13.3. The van der Waals surface area contributed by atoms with Crippen LogP contribution in [0, 0.1) is 6.92 Å². The van der Waals surface area contributed by atoms with Gasteiger partial charge in [-0.2, -0.15) is 5.10 Å². The third-order valence-electron chi connectivity index (χ3n) is 7.29. The molecule has 0 radical (unpaired) electrons. The van der Waals surface area contributed by atoms with Crippen molar-refractivity contribution in [3.05, 3.63) is 77.4 Å². The summed E-state index contributed by atoms with van der Waals surface area (Å²) in [6.45, 7) is 8.88. The number of imidazole rings is 1. The maximum atomic E-state index is 13.3. The molecule has 39 heavy (non-hydrogen) atoms. The average molecular weight is 522 g/mol. The highest BCUT2D eigenvalue weighted by molar-refractivity contribution is 5.96. The fraction of sp³-hybridized carbons (Fsp3) is 0.345. The van der Waals surface area contributed by atoms with Gasteiger partial charge in [0.2, 0.25) is 0 Å². The van der Waals surface area contributed by atoms with Crippen LogP contribution in [-0.4, -0.2) is 51.2 Å². The van der Waals surface area contributed by atoms with Crippen LogP contribution in [0.15, 0.2) is 49.1 Å². The van der Waals surface area contributed by atoms with E-state index in [1.54, 1.807) is 23.4 Å². The van der Waals surface area contributed by atoms with E-state index < -0.39 is 0 Å². The molecule has 0 aliphatic heterocycles. The SMILES string of the molecule is CCn1c(-c2cnc(C)nc2)nc2c(NC3CCc4c(c(C(C)C)nn4C(=O)c4ccccc4)C3)ncnc21. The predicted octanol–water partition coefficient (Wildman–Crippen LogP) is 4.59. The number of anilines is 1. The molecular weight excluding hydrogens is 490 g/mol. The first-order valence-electron chi connectivity index (χ1n) is 13.4. The summed E-state index contributed by atoms with van der Waals surface area (Å²) in [5.41, 5.74) is 6.11. The molecule has 4 aromatic heterocycles. The number of hydrogen-bond acceptors (Lipinski definition) is 8. The van der Waals surface area contributed by atoms with Crippen molar-refractivity contribution in [1.82, 2.24) is 39.3 Å². The van der Waals surface area contributed by atoms with Crippen LogP contribution in [0.3, 0.4) is 0 Å². The van der Waals surface area contributed by atoms with Crippen LogP contribution in [0.1, 0.15) is 66.2 Å². The maximum Gasteiger partial charge on any atom is 0.278 e. The van der Waals surface area contributed by atoms with Gasteiger partial charge in [0.25, 0.3) is 5.91 Å². The van der Waals surface area contributed by atoms with Gasteiger partial charge < -0.3 is 9.88 Å². The highest BCUT2D eigenvalue weighted by Crippen LogP contribution is 2.32. The van der Waals surface area contributed by atoms with Crippen LogP contribution in [0.2, 0.25) is 0 Å². The Morgan fingerprint density at radius 2 is 1.87 bits per heavy atom. The number of benzene rings is 1. The topological polar surface area (TPSA) is 116 Å². The Hall–Kier alpha value is -4.47. The zero-order valence-electron chi connectivity index (χ0n) is 22.6. The number of hydrogen-bond donors (Lipinski definition) is 1. The number of fused-ring (bicyclic) bond motifs is 2. The average Bonchev–Trinajstić information content (AvgIpc) is 3.53. The monoisotopic (exact) mass is 521 g/mol. The van der Waals surface area contributed by atoms with Gasteiger partial charge in [-0.05, 0) is 56.7 Å². The molecule has 1 aliphatic carbocycles. The Labute approximate surface area is 226 Å². The van der Waals surface area contributed by atoms with Crippen LogP contribution in [0.4, 0.5) is 5.82 Å². The van der Waals surface area contributed by atoms with Crippen LogP contribution < -0.4 is 5.32 Å². The Morgan fingerprint density at radius 3 is 2.59 bits per heavy atom. The molecule has 6 rings (SSSR count). The highest BCUT2D eigenvalue weighted by Gasteiger charge is 2.30. The Morgan fingerprint density at radius 1 is 1.10 bits per heavy atom. The lowest BCUT2D eigenvalue weighted by Gasteiger charge is -2.25. The standard InChI is InChI=1S/C29H31N9O/c1-5-37-27(20-14-30-18(4)31-15-20)35-25-26(32-16-33-28(25)37)34-21-11-12-23-22(13-21)24(17(2)3)36-38(23)29(39)19-9-7-6-8-10-19/h6-10,14-17,21H,5,11-13H2,1-4H3,(H,32,33,34). The second-order valence-corrected chi connectivity index (χ2v) is 10.2. The van der Waals surface area contributed by atoms with E-state index in [-0.39, 0.29) is 17.9 Å². The zero-order chi connectivity index (χ0) is 27.1. The van der Waals surface area contributed by atoms with Crippen LogP contribution in [0.25, 0.3) is 22.6 Å². The van der Waals surface area contributed by atoms with E-state index in [4.69, 9.17) is 10.1 Å². The van der Waals surface area contributed by atoms with Gasteiger partial charge in [0.1, 0.15) is 18.0 Å². The molecule has 0 bridgehead atoms. The highest BCUT2D eigenvalue weighted by atomic mass is 16.2. The summed E-state index contributed by atoms with van der Waals surface area (Å²) in [5, 5.41) is 8.46. The largest absolute Gasteiger partial charge is 0.365 e. The minimum atomic E-state index is -0.0830. The number of aryl methyl sites for hydroxylation is 2. The van der Waals surface area contributed by atoms with Crippen molar-refractivity contribution in [2.45, 2.75) is 65.5 Å². The number of rotatable bonds is 6. The smallest absolute Gasteiger partial charge is 0.278 e. The third kappa shape index (κ3) is 4.45. The van der Waals surface area contributed by atoms with Gasteiger partial charge >= 0.3 is 0 Å². The summed E-state index contributed by atoms with van der Waals surface area (Å²) in [5.74, 6) is 2.30. The fourth-order valence-corrected chi connectivity index (χ4v) is 5.36. The van der Waals surface area contributed by atoms with Gasteiger partial charge in [-0.25, -0.2) is 29.6 Å². The molecule has 0 saturated heterocycles. The number of carbonyl (C=O) groups excluding carboxylic acids is 1. The van der Waals surface area contributed by atoms with E-state index in [1.165, 1.54) is 0 Å². The quantitative estimate of drug-likeness (QED) is 0.345. The molecule has 0 spiro atoms. The summed E-state index contributed by atoms with van der Waals surface area (Å²) in [7, 11) is 0.